The minimum Gasteiger partial charge on any atom is -0.476 e. The Balaban J connectivity index is 2.24. The molecule has 2 N–H and O–H groups in total. The van der Waals surface area contributed by atoms with Crippen LogP contribution in [0.2, 0.25) is 0 Å². The van der Waals surface area contributed by atoms with E-state index in [1.807, 2.05) is 12.1 Å². The number of hydrogen-bond donors (Lipinski definition) is 2. The molecule has 6 heteroatoms. The van der Waals surface area contributed by atoms with Crippen molar-refractivity contribution in [3.05, 3.63) is 65.7 Å². The monoisotopic (exact) mass is 309 g/mol. The SMILES string of the molecule is CNC(=O)NC(=O)[C@@H](Oc1ccc(C#N)cc1)c1ccccc1. The molecule has 1 atom stereocenters. The number of hydrogen-bond acceptors (Lipinski definition) is 4. The minimum absolute atomic E-state index is 0.421. The Labute approximate surface area is 133 Å². The van der Waals surface area contributed by atoms with Gasteiger partial charge in [-0.2, -0.15) is 5.26 Å². The Morgan fingerprint density at radius 2 is 1.74 bits per heavy atom. The van der Waals surface area contributed by atoms with Gasteiger partial charge >= 0.3 is 6.03 Å². The van der Waals surface area contributed by atoms with Gasteiger partial charge in [-0.15, -0.1) is 0 Å². The molecule has 0 spiro atoms. The quantitative estimate of drug-likeness (QED) is 0.905. The summed E-state index contributed by atoms with van der Waals surface area (Å²) >= 11 is 0. The zero-order chi connectivity index (χ0) is 16.7. The summed E-state index contributed by atoms with van der Waals surface area (Å²) in [5, 5.41) is 13.3. The fourth-order valence-corrected chi connectivity index (χ4v) is 1.88. The molecular weight excluding hydrogens is 294 g/mol. The van der Waals surface area contributed by atoms with Crippen LogP contribution in [0.15, 0.2) is 54.6 Å². The maximum atomic E-state index is 12.3. The van der Waals surface area contributed by atoms with Gasteiger partial charge in [0.05, 0.1) is 11.6 Å². The highest BCUT2D eigenvalue weighted by Crippen LogP contribution is 2.22. The van der Waals surface area contributed by atoms with E-state index in [9.17, 15) is 9.59 Å². The largest absolute Gasteiger partial charge is 0.476 e. The fourth-order valence-electron chi connectivity index (χ4n) is 1.88. The molecule has 0 aliphatic heterocycles. The Hall–Kier alpha value is -3.33. The number of nitrogens with zero attached hydrogens (tertiary/aromatic N) is 1. The first-order valence-electron chi connectivity index (χ1n) is 6.88. The van der Waals surface area contributed by atoms with Crippen LogP contribution in [0.5, 0.6) is 5.75 Å². The molecule has 0 fully saturated rings. The maximum Gasteiger partial charge on any atom is 0.321 e. The molecule has 0 unspecified atom stereocenters. The molecule has 0 saturated carbocycles. The zero-order valence-corrected chi connectivity index (χ0v) is 12.4. The second-order valence-electron chi connectivity index (χ2n) is 4.61. The van der Waals surface area contributed by atoms with Gasteiger partial charge in [0.1, 0.15) is 5.75 Å². The Morgan fingerprint density at radius 1 is 1.09 bits per heavy atom. The van der Waals surface area contributed by atoms with E-state index < -0.39 is 18.0 Å². The average molecular weight is 309 g/mol. The summed E-state index contributed by atoms with van der Waals surface area (Å²) < 4.78 is 5.71. The molecule has 0 saturated heterocycles. The number of carbonyl (C=O) groups is 2. The number of nitriles is 1. The first kappa shape index (κ1) is 16.0. The number of imide groups is 1. The third-order valence-corrected chi connectivity index (χ3v) is 3.04. The molecule has 0 aliphatic rings. The van der Waals surface area contributed by atoms with E-state index in [2.05, 4.69) is 10.6 Å². The Bertz CT molecular complexity index is 721. The van der Waals surface area contributed by atoms with Gasteiger partial charge < -0.3 is 10.1 Å². The lowest BCUT2D eigenvalue weighted by Crippen LogP contribution is -2.41. The van der Waals surface area contributed by atoms with Crippen molar-refractivity contribution < 1.29 is 14.3 Å². The molecule has 0 bridgehead atoms. The molecule has 23 heavy (non-hydrogen) atoms. The van der Waals surface area contributed by atoms with E-state index in [0.717, 1.165) is 0 Å². The number of carbonyl (C=O) groups excluding carboxylic acids is 2. The zero-order valence-electron chi connectivity index (χ0n) is 12.4. The molecule has 2 aromatic rings. The standard InChI is InChI=1S/C17H15N3O3/c1-19-17(22)20-16(21)15(13-5-3-2-4-6-13)23-14-9-7-12(11-18)8-10-14/h2-10,15H,1H3,(H2,19,20,21,22)/t15-/m0/s1. The third-order valence-electron chi connectivity index (χ3n) is 3.04. The summed E-state index contributed by atoms with van der Waals surface area (Å²) in [6.45, 7) is 0. The van der Waals surface area contributed by atoms with Crippen molar-refractivity contribution >= 4 is 11.9 Å². The van der Waals surface area contributed by atoms with Crippen molar-refractivity contribution in [3.63, 3.8) is 0 Å². The first-order chi connectivity index (χ1) is 11.1. The van der Waals surface area contributed by atoms with E-state index in [1.54, 1.807) is 48.5 Å². The second-order valence-corrected chi connectivity index (χ2v) is 4.61. The fraction of sp³-hybridized carbons (Fsp3) is 0.118. The maximum absolute atomic E-state index is 12.3. The van der Waals surface area contributed by atoms with Crippen molar-refractivity contribution in [2.45, 2.75) is 6.10 Å². The van der Waals surface area contributed by atoms with E-state index in [4.69, 9.17) is 10.00 Å². The molecule has 3 amide bonds. The van der Waals surface area contributed by atoms with Crippen molar-refractivity contribution in [3.8, 4) is 11.8 Å². The number of benzene rings is 2. The van der Waals surface area contributed by atoms with Crippen LogP contribution >= 0.6 is 0 Å². The Kier molecular flexibility index (Phi) is 5.31. The predicted octanol–water partition coefficient (Wildman–Crippen LogP) is 2.13. The van der Waals surface area contributed by atoms with Crippen LogP contribution in [0.3, 0.4) is 0 Å². The highest BCUT2D eigenvalue weighted by atomic mass is 16.5. The number of urea groups is 1. The summed E-state index contributed by atoms with van der Waals surface area (Å²) in [6.07, 6.45) is -0.985. The van der Waals surface area contributed by atoms with Gasteiger partial charge in [0, 0.05) is 12.6 Å². The topological polar surface area (TPSA) is 91.2 Å². The molecule has 0 radical (unpaired) electrons. The lowest BCUT2D eigenvalue weighted by Gasteiger charge is -2.18. The highest BCUT2D eigenvalue weighted by Gasteiger charge is 2.24. The lowest BCUT2D eigenvalue weighted by atomic mass is 10.1. The van der Waals surface area contributed by atoms with Crippen LogP contribution in [0, 0.1) is 11.3 Å². The van der Waals surface area contributed by atoms with E-state index in [0.29, 0.717) is 16.9 Å². The van der Waals surface area contributed by atoms with Gasteiger partial charge in [0.25, 0.3) is 5.91 Å². The number of amides is 3. The molecule has 0 heterocycles. The summed E-state index contributed by atoms with van der Waals surface area (Å²) in [7, 11) is 1.42. The molecule has 0 aliphatic carbocycles. The van der Waals surface area contributed by atoms with E-state index >= 15 is 0 Å². The summed E-state index contributed by atoms with van der Waals surface area (Å²) in [4.78, 5) is 23.7. The van der Waals surface area contributed by atoms with Crippen LogP contribution < -0.4 is 15.4 Å². The Morgan fingerprint density at radius 3 is 2.30 bits per heavy atom. The van der Waals surface area contributed by atoms with Crippen LogP contribution in [-0.2, 0) is 4.79 Å². The normalized spacial score (nSPS) is 11.0. The highest BCUT2D eigenvalue weighted by molar-refractivity contribution is 5.97. The van der Waals surface area contributed by atoms with Gasteiger partial charge in [-0.25, -0.2) is 4.79 Å². The molecule has 0 aromatic heterocycles. The van der Waals surface area contributed by atoms with Crippen LogP contribution in [0.25, 0.3) is 0 Å². The smallest absolute Gasteiger partial charge is 0.321 e. The second kappa shape index (κ2) is 7.61. The van der Waals surface area contributed by atoms with Crippen LogP contribution in [-0.4, -0.2) is 19.0 Å². The molecular formula is C17H15N3O3. The van der Waals surface area contributed by atoms with E-state index in [1.165, 1.54) is 7.05 Å². The number of rotatable bonds is 4. The van der Waals surface area contributed by atoms with Crippen molar-refractivity contribution in [1.29, 1.82) is 5.26 Å². The predicted molar refractivity (Wildman–Crippen MR) is 83.6 cm³/mol. The van der Waals surface area contributed by atoms with Gasteiger partial charge in [0.15, 0.2) is 0 Å². The van der Waals surface area contributed by atoms with E-state index in [-0.39, 0.29) is 0 Å². The number of nitrogens with one attached hydrogen (secondary N) is 2. The van der Waals surface area contributed by atoms with Gasteiger partial charge in [-0.3, -0.25) is 10.1 Å². The van der Waals surface area contributed by atoms with Gasteiger partial charge in [-0.05, 0) is 24.3 Å². The van der Waals surface area contributed by atoms with Crippen molar-refractivity contribution in [1.82, 2.24) is 10.6 Å². The lowest BCUT2D eigenvalue weighted by molar-refractivity contribution is -0.127. The van der Waals surface area contributed by atoms with Gasteiger partial charge in [-0.1, -0.05) is 30.3 Å². The van der Waals surface area contributed by atoms with Crippen molar-refractivity contribution in [2.24, 2.45) is 0 Å². The van der Waals surface area contributed by atoms with Crippen LogP contribution in [0.4, 0.5) is 4.79 Å². The first-order valence-corrected chi connectivity index (χ1v) is 6.88. The average Bonchev–Trinajstić information content (AvgIpc) is 2.60. The van der Waals surface area contributed by atoms with Gasteiger partial charge in [0.2, 0.25) is 6.10 Å². The minimum atomic E-state index is -0.985. The number of ether oxygens (including phenoxy) is 1. The molecule has 2 aromatic carbocycles. The third kappa shape index (κ3) is 4.32. The molecule has 2 rings (SSSR count). The summed E-state index contributed by atoms with van der Waals surface area (Å²) in [6, 6.07) is 16.6. The summed E-state index contributed by atoms with van der Waals surface area (Å²) in [5.41, 5.74) is 1.10. The molecule has 116 valence electrons. The van der Waals surface area contributed by atoms with Crippen LogP contribution in [0.1, 0.15) is 17.2 Å². The molecule has 6 nitrogen and oxygen atoms in total. The van der Waals surface area contributed by atoms with Crippen molar-refractivity contribution in [2.75, 3.05) is 7.05 Å². The summed E-state index contributed by atoms with van der Waals surface area (Å²) in [5.74, 6) is -0.162.